The summed E-state index contributed by atoms with van der Waals surface area (Å²) < 4.78 is 2.93. The molecule has 4 aromatic rings. The maximum Gasteiger partial charge on any atom is 0.349 e. The third-order valence-corrected chi connectivity index (χ3v) is 7.31. The topological polar surface area (TPSA) is 95.9 Å². The van der Waals surface area contributed by atoms with E-state index < -0.39 is 11.2 Å². The molecule has 1 aliphatic rings. The molecule has 5 rings (SSSR count). The van der Waals surface area contributed by atoms with Crippen molar-refractivity contribution in [3.63, 3.8) is 0 Å². The zero-order chi connectivity index (χ0) is 22.4. The molecule has 7 nitrogen and oxygen atoms in total. The summed E-state index contributed by atoms with van der Waals surface area (Å²) in [6.45, 7) is 3.95. The van der Waals surface area contributed by atoms with E-state index in [9.17, 15) is 14.9 Å². The standard InChI is InChI=1S/C24H21N5O2S/c1-14-11-16(13-26-29-22(30)18-8-3-5-9-20(18)27-24(29)31)15(2)28(14)23-19(12-25)17-7-4-6-10-21(17)32-23/h3,5,8-9,11,13H,4,6-7,10H2,1-2H3,(H,27,31). The van der Waals surface area contributed by atoms with Gasteiger partial charge in [-0.1, -0.05) is 12.1 Å². The average molecular weight is 444 g/mol. The van der Waals surface area contributed by atoms with Crippen molar-refractivity contribution in [3.8, 4) is 11.1 Å². The number of aromatic nitrogens is 3. The molecule has 0 saturated carbocycles. The van der Waals surface area contributed by atoms with Gasteiger partial charge in [0.1, 0.15) is 11.1 Å². The molecule has 0 unspecified atom stereocenters. The molecule has 0 spiro atoms. The Morgan fingerprint density at radius 2 is 1.97 bits per heavy atom. The second-order valence-electron chi connectivity index (χ2n) is 8.00. The Hall–Kier alpha value is -3.70. The van der Waals surface area contributed by atoms with E-state index in [1.54, 1.807) is 35.6 Å². The van der Waals surface area contributed by atoms with Crippen LogP contribution < -0.4 is 11.2 Å². The third-order valence-electron chi connectivity index (χ3n) is 6.03. The molecule has 0 radical (unpaired) electrons. The lowest BCUT2D eigenvalue weighted by atomic mass is 9.96. The van der Waals surface area contributed by atoms with E-state index in [0.29, 0.717) is 10.9 Å². The van der Waals surface area contributed by atoms with E-state index >= 15 is 0 Å². The summed E-state index contributed by atoms with van der Waals surface area (Å²) in [7, 11) is 0. The Morgan fingerprint density at radius 1 is 1.19 bits per heavy atom. The van der Waals surface area contributed by atoms with Crippen molar-refractivity contribution in [2.45, 2.75) is 39.5 Å². The molecule has 0 fully saturated rings. The normalized spacial score (nSPS) is 13.5. The zero-order valence-corrected chi connectivity index (χ0v) is 18.6. The van der Waals surface area contributed by atoms with Gasteiger partial charge in [0.05, 0.1) is 22.7 Å². The van der Waals surface area contributed by atoms with Gasteiger partial charge in [0.2, 0.25) is 0 Å². The first-order chi connectivity index (χ1) is 15.5. The molecule has 0 amide bonds. The number of benzene rings is 1. The van der Waals surface area contributed by atoms with Crippen LogP contribution in [0.1, 0.15) is 45.8 Å². The van der Waals surface area contributed by atoms with Crippen LogP contribution in [0.25, 0.3) is 15.9 Å². The van der Waals surface area contributed by atoms with Gasteiger partial charge in [-0.25, -0.2) is 4.79 Å². The van der Waals surface area contributed by atoms with Gasteiger partial charge < -0.3 is 9.55 Å². The minimum absolute atomic E-state index is 0.401. The molecule has 32 heavy (non-hydrogen) atoms. The number of thiophene rings is 1. The molecule has 0 saturated heterocycles. The molecule has 3 aromatic heterocycles. The Bertz CT molecular complexity index is 1560. The minimum atomic E-state index is -0.587. The Kier molecular flexibility index (Phi) is 4.91. The first kappa shape index (κ1) is 20.2. The molecule has 1 aliphatic carbocycles. The van der Waals surface area contributed by atoms with Crippen molar-refractivity contribution in [1.82, 2.24) is 14.2 Å². The number of aryl methyl sites for hydroxylation is 2. The van der Waals surface area contributed by atoms with E-state index in [1.807, 2.05) is 19.9 Å². The van der Waals surface area contributed by atoms with Crippen molar-refractivity contribution >= 4 is 28.5 Å². The summed E-state index contributed by atoms with van der Waals surface area (Å²) in [5.41, 5.74) is 4.05. The van der Waals surface area contributed by atoms with Crippen LogP contribution in [0.2, 0.25) is 0 Å². The maximum atomic E-state index is 12.7. The summed E-state index contributed by atoms with van der Waals surface area (Å²) in [6, 6.07) is 11.2. The number of nitriles is 1. The van der Waals surface area contributed by atoms with Gasteiger partial charge in [0.25, 0.3) is 5.56 Å². The fraction of sp³-hybridized carbons (Fsp3) is 0.250. The number of nitrogens with zero attached hydrogens (tertiary/aromatic N) is 4. The maximum absolute atomic E-state index is 12.7. The number of rotatable bonds is 3. The number of aromatic amines is 1. The van der Waals surface area contributed by atoms with Crippen molar-refractivity contribution in [1.29, 1.82) is 5.26 Å². The monoisotopic (exact) mass is 443 g/mol. The summed E-state index contributed by atoms with van der Waals surface area (Å²) in [5, 5.41) is 15.4. The predicted octanol–water partition coefficient (Wildman–Crippen LogP) is 3.79. The molecule has 8 heteroatoms. The van der Waals surface area contributed by atoms with E-state index in [2.05, 4.69) is 20.7 Å². The van der Waals surface area contributed by atoms with Gasteiger partial charge in [-0.2, -0.15) is 10.4 Å². The number of para-hydroxylation sites is 1. The van der Waals surface area contributed by atoms with Gasteiger partial charge in [0, 0.05) is 21.8 Å². The second-order valence-corrected chi connectivity index (χ2v) is 9.09. The van der Waals surface area contributed by atoms with Gasteiger partial charge in [-0.3, -0.25) is 4.79 Å². The lowest BCUT2D eigenvalue weighted by Gasteiger charge is -2.10. The largest absolute Gasteiger partial charge is 0.349 e. The molecule has 160 valence electrons. The molecule has 0 bridgehead atoms. The highest BCUT2D eigenvalue weighted by molar-refractivity contribution is 7.15. The van der Waals surface area contributed by atoms with E-state index in [4.69, 9.17) is 0 Å². The van der Waals surface area contributed by atoms with Crippen LogP contribution in [0, 0.1) is 25.2 Å². The number of hydrogen-bond acceptors (Lipinski definition) is 5. The lowest BCUT2D eigenvalue weighted by molar-refractivity contribution is 0.695. The van der Waals surface area contributed by atoms with Crippen LogP contribution in [0.5, 0.6) is 0 Å². The lowest BCUT2D eigenvalue weighted by Crippen LogP contribution is -2.32. The van der Waals surface area contributed by atoms with Crippen molar-refractivity contribution < 1.29 is 0 Å². The summed E-state index contributed by atoms with van der Waals surface area (Å²) in [6.07, 6.45) is 5.79. The SMILES string of the molecule is Cc1cc(C=Nn2c(=O)[nH]c3ccccc3c2=O)c(C)n1-c1sc2c(c1C#N)CCCC2. The number of nitrogens with one attached hydrogen (secondary N) is 1. The summed E-state index contributed by atoms with van der Waals surface area (Å²) >= 11 is 1.69. The minimum Gasteiger partial charge on any atom is -0.308 e. The van der Waals surface area contributed by atoms with Gasteiger partial charge >= 0.3 is 5.69 Å². The number of H-pyrrole nitrogens is 1. The van der Waals surface area contributed by atoms with E-state index in [-0.39, 0.29) is 0 Å². The van der Waals surface area contributed by atoms with E-state index in [0.717, 1.165) is 57.9 Å². The van der Waals surface area contributed by atoms with E-state index in [1.165, 1.54) is 16.7 Å². The van der Waals surface area contributed by atoms with Gasteiger partial charge in [-0.15, -0.1) is 16.0 Å². The molecule has 0 atom stereocenters. The number of hydrogen-bond donors (Lipinski definition) is 1. The van der Waals surface area contributed by atoms with Crippen LogP contribution in [-0.2, 0) is 12.8 Å². The van der Waals surface area contributed by atoms with Gasteiger partial charge in [0.15, 0.2) is 0 Å². The highest BCUT2D eigenvalue weighted by Crippen LogP contribution is 2.38. The quantitative estimate of drug-likeness (QED) is 0.488. The van der Waals surface area contributed by atoms with Crippen LogP contribution >= 0.6 is 11.3 Å². The first-order valence-electron chi connectivity index (χ1n) is 10.5. The molecule has 3 heterocycles. The Balaban J connectivity index is 1.60. The molecule has 0 aliphatic heterocycles. The van der Waals surface area contributed by atoms with Crippen LogP contribution in [0.3, 0.4) is 0 Å². The van der Waals surface area contributed by atoms with Gasteiger partial charge in [-0.05, 0) is 63.3 Å². The summed E-state index contributed by atoms with van der Waals surface area (Å²) in [5.74, 6) is 0. The third kappa shape index (κ3) is 3.13. The van der Waals surface area contributed by atoms with Crippen LogP contribution in [0.4, 0.5) is 0 Å². The van der Waals surface area contributed by atoms with Crippen molar-refractivity contribution in [2.24, 2.45) is 5.10 Å². The number of fused-ring (bicyclic) bond motifs is 2. The Labute approximate surface area is 187 Å². The van der Waals surface area contributed by atoms with Crippen LogP contribution in [0.15, 0.2) is 45.0 Å². The molecular weight excluding hydrogens is 422 g/mol. The van der Waals surface area contributed by atoms with Crippen molar-refractivity contribution in [2.75, 3.05) is 0 Å². The first-order valence-corrected chi connectivity index (χ1v) is 11.3. The Morgan fingerprint density at radius 3 is 2.78 bits per heavy atom. The highest BCUT2D eigenvalue weighted by atomic mass is 32.1. The predicted molar refractivity (Wildman–Crippen MR) is 126 cm³/mol. The fourth-order valence-electron chi connectivity index (χ4n) is 4.43. The van der Waals surface area contributed by atoms with Crippen molar-refractivity contribution in [3.05, 3.63) is 84.1 Å². The summed E-state index contributed by atoms with van der Waals surface area (Å²) in [4.78, 5) is 29.1. The fourth-order valence-corrected chi connectivity index (χ4v) is 5.88. The van der Waals surface area contributed by atoms with Crippen LogP contribution in [-0.4, -0.2) is 20.4 Å². The average Bonchev–Trinajstić information content (AvgIpc) is 3.29. The zero-order valence-electron chi connectivity index (χ0n) is 17.8. The molecular formula is C24H21N5O2S. The molecule has 1 aromatic carbocycles. The smallest absolute Gasteiger partial charge is 0.308 e. The second kappa shape index (κ2) is 7.77. The molecule has 1 N–H and O–H groups in total. The highest BCUT2D eigenvalue weighted by Gasteiger charge is 2.23.